The van der Waals surface area contributed by atoms with Crippen LogP contribution in [0.3, 0.4) is 0 Å². The van der Waals surface area contributed by atoms with Gasteiger partial charge in [0.15, 0.2) is 0 Å². The fraction of sp³-hybridized carbons (Fsp3) is 1.00. The summed E-state index contributed by atoms with van der Waals surface area (Å²) in [4.78, 5) is 0. The highest BCUT2D eigenvalue weighted by Gasteiger charge is 1.98. The van der Waals surface area contributed by atoms with Gasteiger partial charge in [0.2, 0.25) is 0 Å². The number of nitrogens with two attached hydrogens (primary N) is 1. The fourth-order valence-electron chi connectivity index (χ4n) is 1.87. The Bertz CT molecular complexity index is 315. The molecule has 3 N–H and O–H groups in total. The molecule has 0 spiro atoms. The Morgan fingerprint density at radius 1 is 0.500 bits per heavy atom. The molecule has 1 unspecified atom stereocenters. The molecule has 0 fully saturated rings. The van der Waals surface area contributed by atoms with Gasteiger partial charge in [0.1, 0.15) is 6.23 Å². The first-order valence-electron chi connectivity index (χ1n) is 10.3. The van der Waals surface area contributed by atoms with E-state index in [1.165, 1.54) is 7.11 Å². The lowest BCUT2D eigenvalue weighted by Crippen LogP contribution is -2.28. The van der Waals surface area contributed by atoms with Gasteiger partial charge < -0.3 is 53.5 Å². The Morgan fingerprint density at radius 3 is 1.03 bits per heavy atom. The first kappa shape index (κ1) is 29.6. The quantitative estimate of drug-likeness (QED) is 0.127. The molecule has 0 bridgehead atoms. The van der Waals surface area contributed by atoms with Crippen molar-refractivity contribution in [3.05, 3.63) is 0 Å². The fourth-order valence-corrected chi connectivity index (χ4v) is 1.87. The van der Waals surface area contributed by atoms with Crippen molar-refractivity contribution >= 4 is 0 Å². The van der Waals surface area contributed by atoms with E-state index in [1.807, 2.05) is 0 Å². The number of aliphatic hydroxyl groups excluding tert-OH is 1. The summed E-state index contributed by atoms with van der Waals surface area (Å²) in [6, 6.07) is 0. The zero-order valence-corrected chi connectivity index (χ0v) is 18.3. The van der Waals surface area contributed by atoms with Gasteiger partial charge in [-0.3, -0.25) is 0 Å². The Morgan fingerprint density at radius 2 is 0.767 bits per heavy atom. The van der Waals surface area contributed by atoms with E-state index in [-0.39, 0.29) is 6.61 Å². The van der Waals surface area contributed by atoms with Crippen LogP contribution in [-0.4, -0.2) is 131 Å². The first-order chi connectivity index (χ1) is 14.8. The molecular formula is C19H41NO10. The van der Waals surface area contributed by atoms with Gasteiger partial charge in [0.25, 0.3) is 0 Å². The average Bonchev–Trinajstić information content (AvgIpc) is 2.76. The van der Waals surface area contributed by atoms with E-state index in [0.29, 0.717) is 106 Å². The SMILES string of the molecule is COC(N)COCCOCCOCCOCCOCCOCCOCCOCCO. The smallest absolute Gasteiger partial charge is 0.128 e. The van der Waals surface area contributed by atoms with Crippen LogP contribution in [0.5, 0.6) is 0 Å². The normalized spacial score (nSPS) is 12.5. The lowest BCUT2D eigenvalue weighted by Gasteiger charge is -2.10. The summed E-state index contributed by atoms with van der Waals surface area (Å²) in [6.07, 6.45) is -0.396. The zero-order chi connectivity index (χ0) is 22.0. The second kappa shape index (κ2) is 26.6. The highest BCUT2D eigenvalue weighted by molar-refractivity contribution is 4.42. The number of hydrogen-bond donors (Lipinski definition) is 2. The maximum absolute atomic E-state index is 8.53. The number of ether oxygens (including phenoxy) is 9. The molecule has 0 heterocycles. The third kappa shape index (κ3) is 25.6. The van der Waals surface area contributed by atoms with Crippen molar-refractivity contribution in [1.29, 1.82) is 0 Å². The summed E-state index contributed by atoms with van der Waals surface area (Å²) in [5.41, 5.74) is 5.52. The van der Waals surface area contributed by atoms with E-state index >= 15 is 0 Å². The van der Waals surface area contributed by atoms with Crippen molar-refractivity contribution < 1.29 is 47.7 Å². The van der Waals surface area contributed by atoms with Crippen molar-refractivity contribution in [3.63, 3.8) is 0 Å². The molecule has 11 heteroatoms. The first-order valence-corrected chi connectivity index (χ1v) is 10.3. The van der Waals surface area contributed by atoms with E-state index in [0.717, 1.165) is 0 Å². The van der Waals surface area contributed by atoms with Crippen molar-refractivity contribution in [2.75, 3.05) is 119 Å². The summed E-state index contributed by atoms with van der Waals surface area (Å²) < 4.78 is 47.4. The third-order valence-corrected chi connectivity index (χ3v) is 3.42. The molecular weight excluding hydrogens is 402 g/mol. The lowest BCUT2D eigenvalue weighted by molar-refractivity contribution is -0.0304. The van der Waals surface area contributed by atoms with Gasteiger partial charge in [0, 0.05) is 7.11 Å². The summed E-state index contributed by atoms with van der Waals surface area (Å²) in [5, 5.41) is 8.53. The van der Waals surface area contributed by atoms with Crippen LogP contribution >= 0.6 is 0 Å². The van der Waals surface area contributed by atoms with E-state index in [9.17, 15) is 0 Å². The van der Waals surface area contributed by atoms with Gasteiger partial charge in [-0.15, -0.1) is 0 Å². The summed E-state index contributed by atoms with van der Waals surface area (Å²) in [6.45, 7) is 7.75. The third-order valence-electron chi connectivity index (χ3n) is 3.42. The number of aliphatic hydroxyl groups is 1. The second-order valence-corrected chi connectivity index (χ2v) is 5.86. The molecule has 0 aliphatic carbocycles. The molecule has 0 aromatic carbocycles. The van der Waals surface area contributed by atoms with Crippen LogP contribution in [0.25, 0.3) is 0 Å². The molecule has 0 radical (unpaired) electrons. The molecule has 0 amide bonds. The topological polar surface area (TPSA) is 129 Å². The maximum Gasteiger partial charge on any atom is 0.128 e. The predicted molar refractivity (Wildman–Crippen MR) is 109 cm³/mol. The zero-order valence-electron chi connectivity index (χ0n) is 18.3. The van der Waals surface area contributed by atoms with Gasteiger partial charge in [-0.25, -0.2) is 0 Å². The van der Waals surface area contributed by atoms with Crippen LogP contribution in [0.4, 0.5) is 0 Å². The lowest BCUT2D eigenvalue weighted by atomic mass is 10.6. The largest absolute Gasteiger partial charge is 0.394 e. The number of methoxy groups -OCH3 is 1. The van der Waals surface area contributed by atoms with E-state index in [2.05, 4.69) is 0 Å². The Hall–Kier alpha value is -0.440. The number of hydrogen-bond acceptors (Lipinski definition) is 11. The van der Waals surface area contributed by atoms with Gasteiger partial charge in [-0.2, -0.15) is 0 Å². The molecule has 182 valence electrons. The second-order valence-electron chi connectivity index (χ2n) is 5.86. The van der Waals surface area contributed by atoms with Gasteiger partial charge >= 0.3 is 0 Å². The van der Waals surface area contributed by atoms with Crippen LogP contribution < -0.4 is 5.73 Å². The highest BCUT2D eigenvalue weighted by atomic mass is 16.6. The van der Waals surface area contributed by atoms with E-state index in [4.69, 9.17) is 53.5 Å². The van der Waals surface area contributed by atoms with Gasteiger partial charge in [0.05, 0.1) is 112 Å². The van der Waals surface area contributed by atoms with Crippen LogP contribution in [0.15, 0.2) is 0 Å². The standard InChI is InChI=1S/C19H41NO10/c1-22-19(20)18-30-17-16-29-15-14-28-13-12-27-11-10-26-9-8-25-7-6-24-5-4-23-3-2-21/h19,21H,2-18,20H2,1H3. The molecule has 0 aromatic heterocycles. The van der Waals surface area contributed by atoms with Crippen LogP contribution in [0.1, 0.15) is 0 Å². The van der Waals surface area contributed by atoms with Crippen molar-refractivity contribution in [3.8, 4) is 0 Å². The van der Waals surface area contributed by atoms with Gasteiger partial charge in [-0.1, -0.05) is 0 Å². The molecule has 0 aliphatic heterocycles. The minimum atomic E-state index is -0.396. The van der Waals surface area contributed by atoms with Crippen molar-refractivity contribution in [2.45, 2.75) is 6.23 Å². The van der Waals surface area contributed by atoms with Crippen LogP contribution in [-0.2, 0) is 42.6 Å². The van der Waals surface area contributed by atoms with Crippen molar-refractivity contribution in [2.24, 2.45) is 5.73 Å². The maximum atomic E-state index is 8.53. The van der Waals surface area contributed by atoms with Crippen molar-refractivity contribution in [1.82, 2.24) is 0 Å². The molecule has 0 rings (SSSR count). The average molecular weight is 444 g/mol. The van der Waals surface area contributed by atoms with E-state index in [1.54, 1.807) is 0 Å². The molecule has 11 nitrogen and oxygen atoms in total. The highest BCUT2D eigenvalue weighted by Crippen LogP contribution is 1.86. The summed E-state index contributed by atoms with van der Waals surface area (Å²) in [5.74, 6) is 0. The molecule has 0 saturated heterocycles. The molecule has 0 saturated carbocycles. The van der Waals surface area contributed by atoms with Crippen LogP contribution in [0, 0.1) is 0 Å². The Kier molecular flexibility index (Phi) is 26.2. The monoisotopic (exact) mass is 443 g/mol. The van der Waals surface area contributed by atoms with Crippen LogP contribution in [0.2, 0.25) is 0 Å². The Labute approximate surface area is 179 Å². The summed E-state index contributed by atoms with van der Waals surface area (Å²) >= 11 is 0. The summed E-state index contributed by atoms with van der Waals surface area (Å²) in [7, 11) is 1.54. The molecule has 1 atom stereocenters. The molecule has 30 heavy (non-hydrogen) atoms. The minimum absolute atomic E-state index is 0.0290. The predicted octanol–water partition coefficient (Wildman–Crippen LogP) is -0.957. The number of rotatable bonds is 26. The Balaban J connectivity index is 3.00. The molecule has 0 aromatic rings. The molecule has 0 aliphatic rings. The minimum Gasteiger partial charge on any atom is -0.394 e. The van der Waals surface area contributed by atoms with Gasteiger partial charge in [-0.05, 0) is 0 Å². The van der Waals surface area contributed by atoms with E-state index < -0.39 is 6.23 Å².